The molecule has 0 aliphatic heterocycles. The summed E-state index contributed by atoms with van der Waals surface area (Å²) in [6.07, 6.45) is -0.131. The number of ether oxygens (including phenoxy) is 3. The molecule has 0 bridgehead atoms. The summed E-state index contributed by atoms with van der Waals surface area (Å²) < 4.78 is 45.3. The average Bonchev–Trinajstić information content (AvgIpc) is 2.52. The van der Waals surface area contributed by atoms with Gasteiger partial charge in [0.15, 0.2) is 0 Å². The molecule has 0 radical (unpaired) electrons. The van der Waals surface area contributed by atoms with E-state index in [0.717, 1.165) is 0 Å². The topological polar surface area (TPSA) is 133 Å². The van der Waals surface area contributed by atoms with E-state index >= 15 is 0 Å². The normalized spacial score (nSPS) is 12.2. The Morgan fingerprint density at radius 3 is 1.73 bits per heavy atom. The minimum absolute atomic E-state index is 0.123. The summed E-state index contributed by atoms with van der Waals surface area (Å²) in [7, 11) is -4.23. The molecule has 148 valence electrons. The predicted molar refractivity (Wildman–Crippen MR) is 91.6 cm³/mol. The van der Waals surface area contributed by atoms with E-state index in [4.69, 9.17) is 18.8 Å². The highest BCUT2D eigenvalue weighted by Gasteiger charge is 2.25. The molecule has 0 saturated heterocycles. The van der Waals surface area contributed by atoms with Crippen LogP contribution in [0.5, 0.6) is 0 Å². The van der Waals surface area contributed by atoms with Crippen molar-refractivity contribution < 1.29 is 41.6 Å². The van der Waals surface area contributed by atoms with Crippen LogP contribution in [0.25, 0.3) is 0 Å². The third-order valence-corrected chi connectivity index (χ3v) is 4.39. The summed E-state index contributed by atoms with van der Waals surface area (Å²) >= 11 is 0. The first-order valence-electron chi connectivity index (χ1n) is 7.64. The molecule has 0 heterocycles. The summed E-state index contributed by atoms with van der Waals surface area (Å²) in [5.74, 6) is -3.41. The van der Waals surface area contributed by atoms with Crippen LogP contribution >= 0.6 is 0 Å². The van der Waals surface area contributed by atoms with Gasteiger partial charge in [0.2, 0.25) is 0 Å². The van der Waals surface area contributed by atoms with Gasteiger partial charge in [0.05, 0.1) is 11.9 Å². The molecule has 9 nitrogen and oxygen atoms in total. The molecule has 1 N–H and O–H groups in total. The van der Waals surface area contributed by atoms with E-state index in [1.165, 1.54) is 20.8 Å². The SMILES string of the molecule is C=C(C)C(=O)OCC(COC(=O)C(=C)C)C(=O)OCCC(C)S(=O)(=O)O. The minimum Gasteiger partial charge on any atom is -0.465 e. The largest absolute Gasteiger partial charge is 0.465 e. The Balaban J connectivity index is 4.76. The predicted octanol–water partition coefficient (Wildman–Crippen LogP) is 1.05. The summed E-state index contributed by atoms with van der Waals surface area (Å²) in [6, 6.07) is 0. The van der Waals surface area contributed by atoms with Gasteiger partial charge in [0.1, 0.15) is 19.1 Å². The van der Waals surface area contributed by atoms with Crippen molar-refractivity contribution in [3.05, 3.63) is 24.3 Å². The van der Waals surface area contributed by atoms with E-state index in [9.17, 15) is 22.8 Å². The highest BCUT2D eigenvalue weighted by Crippen LogP contribution is 2.09. The van der Waals surface area contributed by atoms with Crippen molar-refractivity contribution in [1.29, 1.82) is 0 Å². The number of carbonyl (C=O) groups is 3. The Kier molecular flexibility index (Phi) is 9.81. The Morgan fingerprint density at radius 2 is 1.38 bits per heavy atom. The molecule has 0 saturated carbocycles. The lowest BCUT2D eigenvalue weighted by molar-refractivity contribution is -0.158. The second-order valence-electron chi connectivity index (χ2n) is 5.74. The zero-order valence-electron chi connectivity index (χ0n) is 15.0. The van der Waals surface area contributed by atoms with Gasteiger partial charge in [-0.1, -0.05) is 13.2 Å². The standard InChI is InChI=1S/C16H24O9S/c1-10(2)14(17)24-8-13(9-25-15(18)11(3)4)16(19)23-7-6-12(5)26(20,21)22/h12-13H,1,3,6-9H2,2,4-5H3,(H,20,21,22). The van der Waals surface area contributed by atoms with Crippen LogP contribution < -0.4 is 0 Å². The fourth-order valence-electron chi connectivity index (χ4n) is 1.38. The van der Waals surface area contributed by atoms with Gasteiger partial charge >= 0.3 is 17.9 Å². The highest BCUT2D eigenvalue weighted by atomic mass is 32.2. The molecule has 0 aromatic carbocycles. The van der Waals surface area contributed by atoms with E-state index in [1.807, 2.05) is 0 Å². The maximum Gasteiger partial charge on any atom is 0.333 e. The molecule has 0 aliphatic carbocycles. The summed E-state index contributed by atoms with van der Waals surface area (Å²) in [5, 5.41) is -1.11. The zero-order valence-corrected chi connectivity index (χ0v) is 15.8. The smallest absolute Gasteiger partial charge is 0.333 e. The average molecular weight is 392 g/mol. The molecular weight excluding hydrogens is 368 g/mol. The molecule has 1 unspecified atom stereocenters. The summed E-state index contributed by atoms with van der Waals surface area (Å²) in [6.45, 7) is 9.78. The summed E-state index contributed by atoms with van der Waals surface area (Å²) in [5.41, 5.74) is 0.246. The second kappa shape index (κ2) is 10.7. The van der Waals surface area contributed by atoms with Crippen molar-refractivity contribution >= 4 is 28.0 Å². The van der Waals surface area contributed by atoms with Gasteiger partial charge in [-0.25, -0.2) is 9.59 Å². The molecule has 0 fully saturated rings. The van der Waals surface area contributed by atoms with E-state index in [2.05, 4.69) is 13.2 Å². The van der Waals surface area contributed by atoms with Crippen molar-refractivity contribution in [2.75, 3.05) is 19.8 Å². The third-order valence-electron chi connectivity index (χ3n) is 3.14. The van der Waals surface area contributed by atoms with Crippen LogP contribution in [0.1, 0.15) is 27.2 Å². The number of hydrogen-bond acceptors (Lipinski definition) is 8. The summed E-state index contributed by atoms with van der Waals surface area (Å²) in [4.78, 5) is 35.0. The maximum absolute atomic E-state index is 12.1. The van der Waals surface area contributed by atoms with Gasteiger partial charge in [-0.05, 0) is 20.8 Å². The Labute approximate surface area is 152 Å². The molecule has 0 rings (SSSR count). The van der Waals surface area contributed by atoms with E-state index in [0.29, 0.717) is 0 Å². The highest BCUT2D eigenvalue weighted by molar-refractivity contribution is 7.86. The molecule has 1 atom stereocenters. The number of rotatable bonds is 11. The minimum atomic E-state index is -4.23. The van der Waals surface area contributed by atoms with E-state index in [1.54, 1.807) is 0 Å². The molecular formula is C16H24O9S. The lowest BCUT2D eigenvalue weighted by Gasteiger charge is -2.17. The van der Waals surface area contributed by atoms with Crippen LogP contribution in [-0.4, -0.2) is 55.9 Å². The van der Waals surface area contributed by atoms with Crippen molar-refractivity contribution in [2.24, 2.45) is 5.92 Å². The van der Waals surface area contributed by atoms with Crippen LogP contribution in [0.4, 0.5) is 0 Å². The van der Waals surface area contributed by atoms with Gasteiger partial charge in [-0.3, -0.25) is 9.35 Å². The second-order valence-corrected chi connectivity index (χ2v) is 7.57. The number of esters is 3. The number of carbonyl (C=O) groups excluding carboxylic acids is 3. The fraction of sp³-hybridized carbons (Fsp3) is 0.562. The maximum atomic E-state index is 12.1. The number of hydrogen-bond donors (Lipinski definition) is 1. The lowest BCUT2D eigenvalue weighted by atomic mass is 10.2. The van der Waals surface area contributed by atoms with Gasteiger partial charge in [-0.2, -0.15) is 8.42 Å². The quantitative estimate of drug-likeness (QED) is 0.237. The first-order valence-corrected chi connectivity index (χ1v) is 9.14. The molecule has 0 spiro atoms. The molecule has 0 amide bonds. The monoisotopic (exact) mass is 392 g/mol. The molecule has 0 aliphatic rings. The van der Waals surface area contributed by atoms with Crippen molar-refractivity contribution in [3.63, 3.8) is 0 Å². The zero-order chi connectivity index (χ0) is 20.5. The molecule has 26 heavy (non-hydrogen) atoms. The Bertz CT molecular complexity index is 633. The van der Waals surface area contributed by atoms with Crippen LogP contribution in [-0.2, 0) is 38.7 Å². The Hall–Kier alpha value is -2.20. The third kappa shape index (κ3) is 9.33. The van der Waals surface area contributed by atoms with Gasteiger partial charge in [0, 0.05) is 17.6 Å². The first-order chi connectivity index (χ1) is 11.9. The van der Waals surface area contributed by atoms with E-state index in [-0.39, 0.29) is 24.2 Å². The van der Waals surface area contributed by atoms with Crippen molar-refractivity contribution in [2.45, 2.75) is 32.4 Å². The molecule has 0 aromatic rings. The fourth-order valence-corrected chi connectivity index (χ4v) is 1.77. The Morgan fingerprint density at radius 1 is 0.962 bits per heavy atom. The molecule has 0 aromatic heterocycles. The van der Waals surface area contributed by atoms with Crippen LogP contribution in [0.3, 0.4) is 0 Å². The van der Waals surface area contributed by atoms with Gasteiger partial charge in [-0.15, -0.1) is 0 Å². The van der Waals surface area contributed by atoms with Gasteiger partial charge < -0.3 is 14.2 Å². The first kappa shape index (κ1) is 23.8. The van der Waals surface area contributed by atoms with Gasteiger partial charge in [0.25, 0.3) is 10.1 Å². The van der Waals surface area contributed by atoms with E-state index < -0.39 is 52.4 Å². The lowest BCUT2D eigenvalue weighted by Crippen LogP contribution is -2.30. The molecule has 10 heteroatoms. The van der Waals surface area contributed by atoms with Crippen LogP contribution in [0, 0.1) is 5.92 Å². The van der Waals surface area contributed by atoms with Crippen LogP contribution in [0.15, 0.2) is 24.3 Å². The van der Waals surface area contributed by atoms with Crippen molar-refractivity contribution in [1.82, 2.24) is 0 Å². The van der Waals surface area contributed by atoms with Crippen LogP contribution in [0.2, 0.25) is 0 Å². The van der Waals surface area contributed by atoms with Crippen molar-refractivity contribution in [3.8, 4) is 0 Å².